The van der Waals surface area contributed by atoms with E-state index in [-0.39, 0.29) is 17.6 Å². The zero-order chi connectivity index (χ0) is 20.3. The largest absolute Gasteiger partial charge is 0.497 e. The number of hydrogen-bond acceptors (Lipinski definition) is 5. The molecule has 1 N–H and O–H groups in total. The molecular weight excluding hydrogens is 360 g/mol. The normalized spacial score (nSPS) is 17.5. The molecule has 0 saturated carbocycles. The van der Waals surface area contributed by atoms with Crippen LogP contribution in [0.4, 0.5) is 5.69 Å². The van der Waals surface area contributed by atoms with E-state index in [1.54, 1.807) is 25.3 Å². The average Bonchev–Trinajstić information content (AvgIpc) is 2.65. The Hall–Kier alpha value is -3.35. The fraction of sp³-hybridized carbons (Fsp3) is 0.286. The van der Waals surface area contributed by atoms with Crippen molar-refractivity contribution in [3.05, 3.63) is 69.8 Å². The second kappa shape index (κ2) is 7.72. The quantitative estimate of drug-likeness (QED) is 0.479. The molecule has 0 unspecified atom stereocenters. The number of hydrogen-bond donors (Lipinski definition) is 1. The molecule has 0 bridgehead atoms. The number of ether oxygens (including phenoxy) is 2. The Bertz CT molecular complexity index is 936. The van der Waals surface area contributed by atoms with Gasteiger partial charge in [-0.2, -0.15) is 0 Å². The maximum absolute atomic E-state index is 12.5. The van der Waals surface area contributed by atoms with Crippen molar-refractivity contribution in [2.45, 2.75) is 31.9 Å². The van der Waals surface area contributed by atoms with Gasteiger partial charge in [-0.3, -0.25) is 14.9 Å². The number of methoxy groups -OCH3 is 1. The molecule has 0 radical (unpaired) electrons. The third-order valence-corrected chi connectivity index (χ3v) is 4.50. The van der Waals surface area contributed by atoms with E-state index in [1.165, 1.54) is 18.2 Å². The molecule has 0 fully saturated rings. The van der Waals surface area contributed by atoms with Gasteiger partial charge in [-0.1, -0.05) is 12.1 Å². The summed E-state index contributed by atoms with van der Waals surface area (Å²) in [6.45, 7) is 3.93. The van der Waals surface area contributed by atoms with Crippen molar-refractivity contribution < 1.29 is 19.2 Å². The number of nitrogens with one attached hydrogen (secondary N) is 1. The molecule has 2 aromatic rings. The number of carbonyl (C=O) groups excluding carboxylic acids is 1. The van der Waals surface area contributed by atoms with Gasteiger partial charge in [0, 0.05) is 36.3 Å². The number of nitrogens with zero attached hydrogens (tertiary/aromatic N) is 1. The van der Waals surface area contributed by atoms with Crippen LogP contribution in [0.5, 0.6) is 11.5 Å². The molecule has 7 nitrogen and oxygen atoms in total. The monoisotopic (exact) mass is 382 g/mol. The van der Waals surface area contributed by atoms with Gasteiger partial charge in [0.1, 0.15) is 17.1 Å². The van der Waals surface area contributed by atoms with Crippen LogP contribution in [-0.4, -0.2) is 23.5 Å². The smallest absolute Gasteiger partial charge is 0.270 e. The van der Waals surface area contributed by atoms with Gasteiger partial charge in [0.25, 0.3) is 5.69 Å². The highest BCUT2D eigenvalue weighted by Crippen LogP contribution is 2.41. The first-order valence-electron chi connectivity index (χ1n) is 8.87. The summed E-state index contributed by atoms with van der Waals surface area (Å²) in [6.07, 6.45) is 3.55. The molecule has 28 heavy (non-hydrogen) atoms. The van der Waals surface area contributed by atoms with Crippen LogP contribution in [0, 0.1) is 10.1 Å². The van der Waals surface area contributed by atoms with Gasteiger partial charge in [0.2, 0.25) is 5.91 Å². The Morgan fingerprint density at radius 3 is 2.82 bits per heavy atom. The van der Waals surface area contributed by atoms with Gasteiger partial charge in [-0.15, -0.1) is 0 Å². The summed E-state index contributed by atoms with van der Waals surface area (Å²) in [5.74, 6) is 1.09. The first-order chi connectivity index (χ1) is 13.3. The molecule has 1 heterocycles. The van der Waals surface area contributed by atoms with Crippen LogP contribution in [-0.2, 0) is 4.79 Å². The van der Waals surface area contributed by atoms with Gasteiger partial charge in [-0.05, 0) is 37.6 Å². The van der Waals surface area contributed by atoms with Crippen molar-refractivity contribution in [3.63, 3.8) is 0 Å². The van der Waals surface area contributed by atoms with Gasteiger partial charge < -0.3 is 14.8 Å². The van der Waals surface area contributed by atoms with Crippen LogP contribution in [0.2, 0.25) is 0 Å². The van der Waals surface area contributed by atoms with Crippen LogP contribution in [0.3, 0.4) is 0 Å². The number of nitro groups is 1. The minimum atomic E-state index is -0.466. The number of non-ortho nitro benzene ring substituents is 1. The van der Waals surface area contributed by atoms with E-state index in [9.17, 15) is 14.9 Å². The van der Waals surface area contributed by atoms with Crippen molar-refractivity contribution >= 4 is 17.7 Å². The maximum atomic E-state index is 12.5. The topological polar surface area (TPSA) is 90.7 Å². The standard InChI is InChI=1S/C21H22N2O5/c1-21(2)13-18(17-9-8-16(27-3)12-19(17)28-21)22-20(24)10-7-14-5-4-6-15(11-14)23(25)26/h4-12,18H,13H2,1-3H3,(H,22,24)/b10-7+/t18-/m0/s1. The van der Waals surface area contributed by atoms with Crippen molar-refractivity contribution in [2.24, 2.45) is 0 Å². The van der Waals surface area contributed by atoms with Crippen LogP contribution in [0.15, 0.2) is 48.5 Å². The average molecular weight is 382 g/mol. The van der Waals surface area contributed by atoms with Crippen LogP contribution in [0.25, 0.3) is 6.08 Å². The Morgan fingerprint density at radius 2 is 2.11 bits per heavy atom. The lowest BCUT2D eigenvalue weighted by Crippen LogP contribution is -2.40. The summed E-state index contributed by atoms with van der Waals surface area (Å²) in [7, 11) is 1.59. The fourth-order valence-corrected chi connectivity index (χ4v) is 3.22. The molecule has 0 aromatic heterocycles. The number of carbonyl (C=O) groups is 1. The van der Waals surface area contributed by atoms with Crippen molar-refractivity contribution in [1.82, 2.24) is 5.32 Å². The fourth-order valence-electron chi connectivity index (χ4n) is 3.22. The zero-order valence-corrected chi connectivity index (χ0v) is 16.0. The van der Waals surface area contributed by atoms with Gasteiger partial charge >= 0.3 is 0 Å². The predicted octanol–water partition coefficient (Wildman–Crippen LogP) is 4.04. The maximum Gasteiger partial charge on any atom is 0.270 e. The van der Waals surface area contributed by atoms with E-state index in [4.69, 9.17) is 9.47 Å². The van der Waals surface area contributed by atoms with E-state index >= 15 is 0 Å². The lowest BCUT2D eigenvalue weighted by Gasteiger charge is -2.37. The summed E-state index contributed by atoms with van der Waals surface area (Å²) < 4.78 is 11.3. The summed E-state index contributed by atoms with van der Waals surface area (Å²) >= 11 is 0. The first-order valence-corrected chi connectivity index (χ1v) is 8.87. The number of benzene rings is 2. The van der Waals surface area contributed by atoms with E-state index < -0.39 is 10.5 Å². The first kappa shape index (κ1) is 19.4. The van der Waals surface area contributed by atoms with Crippen LogP contribution >= 0.6 is 0 Å². The molecule has 0 spiro atoms. The Kier molecular flexibility index (Phi) is 5.35. The molecular formula is C21H22N2O5. The summed E-state index contributed by atoms with van der Waals surface area (Å²) in [5.41, 5.74) is 1.01. The summed E-state index contributed by atoms with van der Waals surface area (Å²) in [6, 6.07) is 11.4. The number of amides is 1. The summed E-state index contributed by atoms with van der Waals surface area (Å²) in [5, 5.41) is 13.9. The Balaban J connectivity index is 1.77. The molecule has 1 aliphatic heterocycles. The highest BCUT2D eigenvalue weighted by molar-refractivity contribution is 5.92. The number of nitro benzene ring substituents is 1. The van der Waals surface area contributed by atoms with Crippen molar-refractivity contribution in [2.75, 3.05) is 7.11 Å². The van der Waals surface area contributed by atoms with E-state index in [2.05, 4.69) is 5.32 Å². The molecule has 146 valence electrons. The zero-order valence-electron chi connectivity index (χ0n) is 16.0. The van der Waals surface area contributed by atoms with Crippen molar-refractivity contribution in [1.29, 1.82) is 0 Å². The Labute approximate surface area is 163 Å². The number of rotatable bonds is 5. The van der Waals surface area contributed by atoms with Gasteiger partial charge in [0.15, 0.2) is 0 Å². The number of fused-ring (bicyclic) bond motifs is 1. The van der Waals surface area contributed by atoms with Gasteiger partial charge in [0.05, 0.1) is 18.1 Å². The minimum Gasteiger partial charge on any atom is -0.497 e. The van der Waals surface area contributed by atoms with Crippen LogP contribution < -0.4 is 14.8 Å². The lowest BCUT2D eigenvalue weighted by molar-refractivity contribution is -0.384. The van der Waals surface area contributed by atoms with Gasteiger partial charge in [-0.25, -0.2) is 0 Å². The van der Waals surface area contributed by atoms with E-state index in [0.717, 1.165) is 5.56 Å². The molecule has 0 aliphatic carbocycles. The minimum absolute atomic E-state index is 0.0170. The highest BCUT2D eigenvalue weighted by Gasteiger charge is 2.34. The highest BCUT2D eigenvalue weighted by atomic mass is 16.6. The molecule has 1 atom stereocenters. The SMILES string of the molecule is COc1ccc2c(c1)OC(C)(C)C[C@@H]2NC(=O)/C=C/c1cccc([N+](=O)[O-])c1. The second-order valence-corrected chi connectivity index (χ2v) is 7.22. The predicted molar refractivity (Wildman–Crippen MR) is 105 cm³/mol. The van der Waals surface area contributed by atoms with Crippen LogP contribution in [0.1, 0.15) is 37.4 Å². The third kappa shape index (κ3) is 4.49. The molecule has 1 amide bonds. The Morgan fingerprint density at radius 1 is 1.32 bits per heavy atom. The molecule has 1 aliphatic rings. The van der Waals surface area contributed by atoms with E-state index in [0.29, 0.717) is 23.5 Å². The second-order valence-electron chi connectivity index (χ2n) is 7.22. The molecule has 0 saturated heterocycles. The molecule has 2 aromatic carbocycles. The molecule has 7 heteroatoms. The summed E-state index contributed by atoms with van der Waals surface area (Å²) in [4.78, 5) is 22.8. The molecule has 3 rings (SSSR count). The van der Waals surface area contributed by atoms with E-state index in [1.807, 2.05) is 32.0 Å². The lowest BCUT2D eigenvalue weighted by atomic mass is 9.89. The van der Waals surface area contributed by atoms with Crippen molar-refractivity contribution in [3.8, 4) is 11.5 Å². The third-order valence-electron chi connectivity index (χ3n) is 4.50.